The summed E-state index contributed by atoms with van der Waals surface area (Å²) in [4.78, 5) is 0. The van der Waals surface area contributed by atoms with Gasteiger partial charge in [0.2, 0.25) is 0 Å². The maximum Gasteiger partial charge on any atom is 0.173 e. The van der Waals surface area contributed by atoms with Gasteiger partial charge in [-0.15, -0.1) is 0 Å². The van der Waals surface area contributed by atoms with Crippen LogP contribution in [-0.4, -0.2) is 19.3 Å². The molecule has 0 spiro atoms. The Morgan fingerprint density at radius 1 is 1.05 bits per heavy atom. The predicted octanol–water partition coefficient (Wildman–Crippen LogP) is 3.83. The Kier molecular flexibility index (Phi) is 4.80. The molecule has 0 aliphatic rings. The number of ether oxygens (including phenoxy) is 2. The molecule has 0 fully saturated rings. The quantitative estimate of drug-likeness (QED) is 0.844. The molecule has 0 aliphatic carbocycles. The van der Waals surface area contributed by atoms with Crippen LogP contribution in [-0.2, 0) is 0 Å². The van der Waals surface area contributed by atoms with Gasteiger partial charge in [0.05, 0.1) is 18.7 Å². The van der Waals surface area contributed by atoms with Crippen LogP contribution in [0.15, 0.2) is 34.8 Å². The molecular weight excluding hydrogens is 346 g/mol. The summed E-state index contributed by atoms with van der Waals surface area (Å²) in [6.45, 7) is 0. The van der Waals surface area contributed by atoms with Crippen LogP contribution in [0.3, 0.4) is 0 Å². The molecule has 0 amide bonds. The lowest BCUT2D eigenvalue weighted by Gasteiger charge is -2.16. The molecule has 3 nitrogen and oxygen atoms in total. The topological polar surface area (TPSA) is 38.7 Å². The summed E-state index contributed by atoms with van der Waals surface area (Å²) < 4.78 is 36.8. The smallest absolute Gasteiger partial charge is 0.173 e. The third-order valence-electron chi connectivity index (χ3n) is 3.08. The third-order valence-corrected chi connectivity index (χ3v) is 3.89. The first kappa shape index (κ1) is 15.7. The van der Waals surface area contributed by atoms with Gasteiger partial charge in [0.15, 0.2) is 23.1 Å². The molecular formula is C15H13BrF2O3. The lowest BCUT2D eigenvalue weighted by molar-refractivity contribution is 0.217. The van der Waals surface area contributed by atoms with Crippen LogP contribution in [0, 0.1) is 11.6 Å². The molecule has 0 radical (unpaired) electrons. The van der Waals surface area contributed by atoms with Gasteiger partial charge in [0.25, 0.3) is 0 Å². The van der Waals surface area contributed by atoms with E-state index in [0.29, 0.717) is 17.1 Å². The van der Waals surface area contributed by atoms with Crippen molar-refractivity contribution in [3.05, 3.63) is 57.6 Å². The molecule has 0 saturated carbocycles. The average Bonchev–Trinajstić information content (AvgIpc) is 2.51. The number of aliphatic hydroxyl groups is 1. The van der Waals surface area contributed by atoms with Crippen LogP contribution >= 0.6 is 15.9 Å². The Balaban J connectivity index is 2.45. The minimum Gasteiger partial charge on any atom is -0.493 e. The molecule has 2 aromatic carbocycles. The van der Waals surface area contributed by atoms with Gasteiger partial charge >= 0.3 is 0 Å². The van der Waals surface area contributed by atoms with E-state index in [9.17, 15) is 13.9 Å². The fraction of sp³-hybridized carbons (Fsp3) is 0.200. The molecule has 0 aromatic heterocycles. The zero-order chi connectivity index (χ0) is 15.6. The van der Waals surface area contributed by atoms with Gasteiger partial charge in [-0.05, 0) is 39.7 Å². The number of hydrogen-bond donors (Lipinski definition) is 1. The van der Waals surface area contributed by atoms with Crippen molar-refractivity contribution in [3.8, 4) is 11.5 Å². The first-order valence-corrected chi connectivity index (χ1v) is 6.82. The predicted molar refractivity (Wildman–Crippen MR) is 77.7 cm³/mol. The standard InChI is InChI=1S/C15H13BrF2O3/c1-20-11-6-3-8(7-12(11)21-2)15(19)9-4-5-10(17)14(18)13(9)16/h3-7,15,19H,1-2H3. The van der Waals surface area contributed by atoms with Gasteiger partial charge < -0.3 is 14.6 Å². The largest absolute Gasteiger partial charge is 0.493 e. The SMILES string of the molecule is COc1ccc(C(O)c2ccc(F)c(F)c2Br)cc1OC. The average molecular weight is 359 g/mol. The molecule has 1 unspecified atom stereocenters. The highest BCUT2D eigenvalue weighted by molar-refractivity contribution is 9.10. The summed E-state index contributed by atoms with van der Waals surface area (Å²) >= 11 is 2.96. The second-order valence-electron chi connectivity index (χ2n) is 4.28. The number of hydrogen-bond acceptors (Lipinski definition) is 3. The summed E-state index contributed by atoms with van der Waals surface area (Å²) in [5.74, 6) is -1.07. The molecule has 0 aliphatic heterocycles. The molecule has 112 valence electrons. The van der Waals surface area contributed by atoms with Gasteiger partial charge in [0, 0.05) is 5.56 Å². The van der Waals surface area contributed by atoms with Gasteiger partial charge in [-0.3, -0.25) is 0 Å². The molecule has 1 N–H and O–H groups in total. The molecule has 0 heterocycles. The Hall–Kier alpha value is -1.66. The second-order valence-corrected chi connectivity index (χ2v) is 5.07. The number of halogens is 3. The summed E-state index contributed by atoms with van der Waals surface area (Å²) in [6.07, 6.45) is -1.13. The van der Waals surface area contributed by atoms with Crippen LogP contribution < -0.4 is 9.47 Å². The number of methoxy groups -OCH3 is 2. The first-order valence-electron chi connectivity index (χ1n) is 6.03. The van der Waals surface area contributed by atoms with Gasteiger partial charge in [-0.1, -0.05) is 12.1 Å². The van der Waals surface area contributed by atoms with Crippen molar-refractivity contribution in [1.82, 2.24) is 0 Å². The fourth-order valence-electron chi connectivity index (χ4n) is 1.95. The van der Waals surface area contributed by atoms with Crippen molar-refractivity contribution >= 4 is 15.9 Å². The highest BCUT2D eigenvalue weighted by Crippen LogP contribution is 2.35. The lowest BCUT2D eigenvalue weighted by atomic mass is 10.0. The van der Waals surface area contributed by atoms with Crippen molar-refractivity contribution in [2.45, 2.75) is 6.10 Å². The molecule has 21 heavy (non-hydrogen) atoms. The minimum atomic E-state index is -1.13. The minimum absolute atomic E-state index is 0.107. The molecule has 2 aromatic rings. The van der Waals surface area contributed by atoms with Crippen LogP contribution in [0.1, 0.15) is 17.2 Å². The van der Waals surface area contributed by atoms with E-state index in [1.807, 2.05) is 0 Å². The van der Waals surface area contributed by atoms with E-state index in [-0.39, 0.29) is 10.0 Å². The van der Waals surface area contributed by atoms with Crippen LogP contribution in [0.2, 0.25) is 0 Å². The number of benzene rings is 2. The molecule has 0 saturated heterocycles. The van der Waals surface area contributed by atoms with Crippen LogP contribution in [0.5, 0.6) is 11.5 Å². The molecule has 2 rings (SSSR count). The maximum absolute atomic E-state index is 13.6. The van der Waals surface area contributed by atoms with E-state index in [1.165, 1.54) is 20.3 Å². The van der Waals surface area contributed by atoms with Crippen molar-refractivity contribution in [2.24, 2.45) is 0 Å². The molecule has 1 atom stereocenters. The highest BCUT2D eigenvalue weighted by Gasteiger charge is 2.20. The summed E-state index contributed by atoms with van der Waals surface area (Å²) in [5, 5.41) is 10.4. The zero-order valence-corrected chi connectivity index (χ0v) is 12.9. The Morgan fingerprint density at radius 2 is 1.71 bits per heavy atom. The zero-order valence-electron chi connectivity index (χ0n) is 11.4. The van der Waals surface area contributed by atoms with Crippen molar-refractivity contribution in [1.29, 1.82) is 0 Å². The van der Waals surface area contributed by atoms with E-state index < -0.39 is 17.7 Å². The van der Waals surface area contributed by atoms with E-state index in [0.717, 1.165) is 6.07 Å². The van der Waals surface area contributed by atoms with Crippen molar-refractivity contribution < 1.29 is 23.4 Å². The van der Waals surface area contributed by atoms with E-state index in [2.05, 4.69) is 15.9 Å². The number of aliphatic hydroxyl groups excluding tert-OH is 1. The summed E-state index contributed by atoms with van der Waals surface area (Å²) in [7, 11) is 2.97. The highest BCUT2D eigenvalue weighted by atomic mass is 79.9. The number of rotatable bonds is 4. The van der Waals surface area contributed by atoms with Crippen molar-refractivity contribution in [2.75, 3.05) is 14.2 Å². The maximum atomic E-state index is 13.6. The Morgan fingerprint density at radius 3 is 2.33 bits per heavy atom. The van der Waals surface area contributed by atoms with Crippen molar-refractivity contribution in [3.63, 3.8) is 0 Å². The normalized spacial score (nSPS) is 12.1. The van der Waals surface area contributed by atoms with E-state index in [1.54, 1.807) is 18.2 Å². The Bertz CT molecular complexity index is 662. The van der Waals surface area contributed by atoms with Gasteiger partial charge in [-0.25, -0.2) is 8.78 Å². The van der Waals surface area contributed by atoms with Crippen LogP contribution in [0.4, 0.5) is 8.78 Å². The first-order chi connectivity index (χ1) is 9.99. The summed E-state index contributed by atoms with van der Waals surface area (Å²) in [5.41, 5.74) is 0.695. The van der Waals surface area contributed by atoms with E-state index in [4.69, 9.17) is 9.47 Å². The molecule has 0 bridgehead atoms. The van der Waals surface area contributed by atoms with Crippen LogP contribution in [0.25, 0.3) is 0 Å². The lowest BCUT2D eigenvalue weighted by Crippen LogP contribution is -2.04. The van der Waals surface area contributed by atoms with Gasteiger partial charge in [0.1, 0.15) is 6.10 Å². The fourth-order valence-corrected chi connectivity index (χ4v) is 2.49. The second kappa shape index (κ2) is 6.41. The van der Waals surface area contributed by atoms with Gasteiger partial charge in [-0.2, -0.15) is 0 Å². The monoisotopic (exact) mass is 358 g/mol. The Labute approximate surface area is 129 Å². The van der Waals surface area contributed by atoms with E-state index >= 15 is 0 Å². The third kappa shape index (κ3) is 3.01. The summed E-state index contributed by atoms with van der Waals surface area (Å²) in [6, 6.07) is 7.13. The molecule has 6 heteroatoms.